The fourth-order valence-corrected chi connectivity index (χ4v) is 3.07. The zero-order chi connectivity index (χ0) is 18.0. The van der Waals surface area contributed by atoms with E-state index in [9.17, 15) is 14.7 Å². The zero-order valence-corrected chi connectivity index (χ0v) is 15.9. The molecule has 5 nitrogen and oxygen atoms in total. The standard InChI is InChI=1S/C18H29NO4Si/c1-24(2,3)23-17(21)13-7-5-4-6-10-14-19-18(22)15-11-8-9-12-16(15)20/h8-9,11-12,20H,4-7,10,13-14H2,1-3H3,(H,19,22). The molecule has 0 aliphatic heterocycles. The summed E-state index contributed by atoms with van der Waals surface area (Å²) in [6.07, 6.45) is 5.27. The van der Waals surface area contributed by atoms with Crippen molar-refractivity contribution in [3.05, 3.63) is 29.8 Å². The van der Waals surface area contributed by atoms with Gasteiger partial charge < -0.3 is 14.8 Å². The molecule has 0 bridgehead atoms. The third-order valence-electron chi connectivity index (χ3n) is 3.41. The number of benzene rings is 1. The number of carbonyl (C=O) groups excluding carboxylic acids is 2. The van der Waals surface area contributed by atoms with Crippen molar-refractivity contribution < 1.29 is 19.1 Å². The molecule has 0 fully saturated rings. The van der Waals surface area contributed by atoms with E-state index in [2.05, 4.69) is 5.32 Å². The van der Waals surface area contributed by atoms with Gasteiger partial charge >= 0.3 is 0 Å². The maximum atomic E-state index is 11.9. The largest absolute Gasteiger partial charge is 0.520 e. The lowest BCUT2D eigenvalue weighted by molar-refractivity contribution is -0.135. The number of para-hydroxylation sites is 1. The Hall–Kier alpha value is -1.82. The van der Waals surface area contributed by atoms with Crippen molar-refractivity contribution >= 4 is 20.2 Å². The molecular weight excluding hydrogens is 322 g/mol. The van der Waals surface area contributed by atoms with Gasteiger partial charge in [-0.25, -0.2) is 0 Å². The number of unbranched alkanes of at least 4 members (excludes halogenated alkanes) is 4. The molecule has 1 rings (SSSR count). The zero-order valence-electron chi connectivity index (χ0n) is 14.9. The van der Waals surface area contributed by atoms with E-state index < -0.39 is 8.32 Å². The third kappa shape index (κ3) is 8.72. The summed E-state index contributed by atoms with van der Waals surface area (Å²) < 4.78 is 5.39. The summed E-state index contributed by atoms with van der Waals surface area (Å²) in [5, 5.41) is 12.4. The quantitative estimate of drug-likeness (QED) is 0.496. The van der Waals surface area contributed by atoms with Crippen LogP contribution in [0.2, 0.25) is 19.6 Å². The molecule has 0 atom stereocenters. The van der Waals surface area contributed by atoms with E-state index in [1.54, 1.807) is 18.2 Å². The SMILES string of the molecule is C[Si](C)(C)OC(=O)CCCCCCCNC(=O)c1ccccc1O. The third-order valence-corrected chi connectivity index (χ3v) is 4.25. The number of nitrogens with one attached hydrogen (secondary N) is 1. The Balaban J connectivity index is 2.04. The van der Waals surface area contributed by atoms with Gasteiger partial charge in [0.25, 0.3) is 11.9 Å². The highest BCUT2D eigenvalue weighted by atomic mass is 28.4. The number of aromatic hydroxyl groups is 1. The van der Waals surface area contributed by atoms with Crippen LogP contribution in [0.5, 0.6) is 5.75 Å². The highest BCUT2D eigenvalue weighted by Gasteiger charge is 2.19. The number of carbonyl (C=O) groups is 2. The first-order valence-corrected chi connectivity index (χ1v) is 12.0. The van der Waals surface area contributed by atoms with Crippen LogP contribution in [-0.2, 0) is 9.22 Å². The fourth-order valence-electron chi connectivity index (χ4n) is 2.28. The molecule has 24 heavy (non-hydrogen) atoms. The number of phenolic OH excluding ortho intramolecular Hbond substituents is 1. The van der Waals surface area contributed by atoms with Crippen LogP contribution < -0.4 is 5.32 Å². The predicted octanol–water partition coefficient (Wildman–Crippen LogP) is 3.84. The van der Waals surface area contributed by atoms with Crippen molar-refractivity contribution in [1.82, 2.24) is 5.32 Å². The smallest absolute Gasteiger partial charge is 0.292 e. The molecule has 0 aromatic heterocycles. The summed E-state index contributed by atoms with van der Waals surface area (Å²) in [6, 6.07) is 6.51. The fraction of sp³-hybridized carbons (Fsp3) is 0.556. The van der Waals surface area contributed by atoms with Crippen LogP contribution in [-0.4, -0.2) is 31.8 Å². The van der Waals surface area contributed by atoms with E-state index in [1.165, 1.54) is 6.07 Å². The van der Waals surface area contributed by atoms with Gasteiger partial charge in [0.15, 0.2) is 0 Å². The van der Waals surface area contributed by atoms with Gasteiger partial charge in [0.1, 0.15) is 5.75 Å². The van der Waals surface area contributed by atoms with Crippen molar-refractivity contribution in [3.8, 4) is 5.75 Å². The lowest BCUT2D eigenvalue weighted by Crippen LogP contribution is -2.28. The normalized spacial score (nSPS) is 11.1. The van der Waals surface area contributed by atoms with Gasteiger partial charge in [-0.15, -0.1) is 0 Å². The van der Waals surface area contributed by atoms with Crippen molar-refractivity contribution in [3.63, 3.8) is 0 Å². The van der Waals surface area contributed by atoms with Crippen molar-refractivity contribution in [2.75, 3.05) is 6.54 Å². The van der Waals surface area contributed by atoms with Gasteiger partial charge in [0.2, 0.25) is 8.32 Å². The Morgan fingerprint density at radius 3 is 2.33 bits per heavy atom. The number of amides is 1. The monoisotopic (exact) mass is 351 g/mol. The topological polar surface area (TPSA) is 75.6 Å². The number of hydrogen-bond donors (Lipinski definition) is 2. The van der Waals surface area contributed by atoms with Gasteiger partial charge in [0, 0.05) is 13.0 Å². The molecule has 0 unspecified atom stereocenters. The van der Waals surface area contributed by atoms with Crippen LogP contribution in [0.25, 0.3) is 0 Å². The van der Waals surface area contributed by atoms with E-state index in [0.29, 0.717) is 18.5 Å². The summed E-state index contributed by atoms with van der Waals surface area (Å²) in [5.74, 6) is -0.327. The van der Waals surface area contributed by atoms with E-state index in [4.69, 9.17) is 4.43 Å². The van der Waals surface area contributed by atoms with Crippen molar-refractivity contribution in [2.24, 2.45) is 0 Å². The molecule has 6 heteroatoms. The minimum absolute atomic E-state index is 0.000189. The summed E-state index contributed by atoms with van der Waals surface area (Å²) in [4.78, 5) is 23.4. The highest BCUT2D eigenvalue weighted by molar-refractivity contribution is 6.71. The lowest BCUT2D eigenvalue weighted by Gasteiger charge is -2.17. The first-order valence-electron chi connectivity index (χ1n) is 8.57. The van der Waals surface area contributed by atoms with E-state index in [1.807, 2.05) is 19.6 Å². The van der Waals surface area contributed by atoms with Crippen LogP contribution in [0.3, 0.4) is 0 Å². The minimum atomic E-state index is -1.76. The first-order chi connectivity index (χ1) is 11.3. The molecule has 0 spiro atoms. The lowest BCUT2D eigenvalue weighted by atomic mass is 10.1. The van der Waals surface area contributed by atoms with Crippen LogP contribution in [0.1, 0.15) is 48.9 Å². The van der Waals surface area contributed by atoms with Crippen molar-refractivity contribution in [2.45, 2.75) is 58.2 Å². The second kappa shape index (κ2) is 10.1. The Morgan fingerprint density at radius 1 is 1.04 bits per heavy atom. The summed E-state index contributed by atoms with van der Waals surface area (Å²) in [6.45, 7) is 6.61. The van der Waals surface area contributed by atoms with E-state index in [-0.39, 0.29) is 17.6 Å². The van der Waals surface area contributed by atoms with Crippen LogP contribution in [0, 0.1) is 0 Å². The second-order valence-electron chi connectivity index (χ2n) is 6.88. The molecule has 0 aliphatic rings. The van der Waals surface area contributed by atoms with Crippen LogP contribution >= 0.6 is 0 Å². The summed E-state index contributed by atoms with van der Waals surface area (Å²) >= 11 is 0. The van der Waals surface area contributed by atoms with Crippen molar-refractivity contribution in [1.29, 1.82) is 0 Å². The molecule has 1 aromatic rings. The first kappa shape index (κ1) is 20.2. The Morgan fingerprint density at radius 2 is 1.67 bits per heavy atom. The van der Waals surface area contributed by atoms with Gasteiger partial charge in [-0.05, 0) is 44.6 Å². The molecule has 0 aliphatic carbocycles. The maximum absolute atomic E-state index is 11.9. The maximum Gasteiger partial charge on any atom is 0.292 e. The molecule has 1 amide bonds. The average Bonchev–Trinajstić information content (AvgIpc) is 2.48. The molecule has 2 N–H and O–H groups in total. The summed E-state index contributed by atoms with van der Waals surface area (Å²) in [5.41, 5.74) is 0.304. The molecule has 0 heterocycles. The average molecular weight is 352 g/mol. The van der Waals surface area contributed by atoms with Gasteiger partial charge in [0.05, 0.1) is 5.56 Å². The summed E-state index contributed by atoms with van der Waals surface area (Å²) in [7, 11) is -1.76. The Labute approximate surface area is 145 Å². The molecule has 0 radical (unpaired) electrons. The van der Waals surface area contributed by atoms with E-state index in [0.717, 1.165) is 32.1 Å². The molecule has 1 aromatic carbocycles. The van der Waals surface area contributed by atoms with Gasteiger partial charge in [-0.1, -0.05) is 31.4 Å². The number of hydrogen-bond acceptors (Lipinski definition) is 4. The Kier molecular flexibility index (Phi) is 8.53. The highest BCUT2D eigenvalue weighted by Crippen LogP contribution is 2.15. The molecular formula is C18H29NO4Si. The molecule has 0 saturated carbocycles. The number of rotatable bonds is 10. The van der Waals surface area contributed by atoms with Gasteiger partial charge in [-0.3, -0.25) is 9.59 Å². The predicted molar refractivity (Wildman–Crippen MR) is 97.6 cm³/mol. The number of phenols is 1. The molecule has 0 saturated heterocycles. The van der Waals surface area contributed by atoms with Crippen LogP contribution in [0.4, 0.5) is 0 Å². The van der Waals surface area contributed by atoms with E-state index >= 15 is 0 Å². The van der Waals surface area contributed by atoms with Crippen LogP contribution in [0.15, 0.2) is 24.3 Å². The minimum Gasteiger partial charge on any atom is -0.520 e. The van der Waals surface area contributed by atoms with Gasteiger partial charge in [-0.2, -0.15) is 0 Å². The second-order valence-corrected chi connectivity index (χ2v) is 11.3. The molecule has 134 valence electrons. The Bertz CT molecular complexity index is 540.